The minimum absolute atomic E-state index is 0.0513. The molecule has 1 aromatic rings. The second-order valence-corrected chi connectivity index (χ2v) is 7.79. The van der Waals surface area contributed by atoms with Crippen LogP contribution in [0, 0.1) is 0 Å². The quantitative estimate of drug-likeness (QED) is 0.830. The van der Waals surface area contributed by atoms with Crippen LogP contribution < -0.4 is 5.32 Å². The summed E-state index contributed by atoms with van der Waals surface area (Å²) in [6.07, 6.45) is 13.9. The predicted octanol–water partition coefficient (Wildman–Crippen LogP) is 5.00. The summed E-state index contributed by atoms with van der Waals surface area (Å²) < 4.78 is 5.86. The lowest BCUT2D eigenvalue weighted by Gasteiger charge is -2.29. The van der Waals surface area contributed by atoms with Crippen LogP contribution in [0.1, 0.15) is 86.1 Å². The molecule has 1 saturated carbocycles. The third kappa shape index (κ3) is 3.45. The number of rotatable bonds is 2. The fourth-order valence-corrected chi connectivity index (χ4v) is 4.70. The Labute approximate surface area is 145 Å². The monoisotopic (exact) mass is 327 g/mol. The normalized spacial score (nSPS) is 23.9. The number of amides is 1. The van der Waals surface area contributed by atoms with Gasteiger partial charge in [-0.2, -0.15) is 0 Å². The highest BCUT2D eigenvalue weighted by molar-refractivity contribution is 5.68. The van der Waals surface area contributed by atoms with Gasteiger partial charge in [0.15, 0.2) is 0 Å². The van der Waals surface area contributed by atoms with E-state index in [0.29, 0.717) is 6.04 Å². The zero-order chi connectivity index (χ0) is 16.4. The number of ether oxygens (including phenoxy) is 1. The zero-order valence-electron chi connectivity index (χ0n) is 14.6. The molecule has 0 radical (unpaired) electrons. The van der Waals surface area contributed by atoms with Gasteiger partial charge in [0.05, 0.1) is 0 Å². The van der Waals surface area contributed by atoms with Crippen LogP contribution in [0.5, 0.6) is 0 Å². The van der Waals surface area contributed by atoms with E-state index in [1.807, 2.05) is 0 Å². The summed E-state index contributed by atoms with van der Waals surface area (Å²) in [6.45, 7) is 0. The molecular formula is C21H29NO2. The summed E-state index contributed by atoms with van der Waals surface area (Å²) in [4.78, 5) is 12.3. The van der Waals surface area contributed by atoms with Crippen molar-refractivity contribution in [2.24, 2.45) is 0 Å². The molecule has 1 aromatic carbocycles. The Balaban J connectivity index is 1.46. The number of benzene rings is 1. The minimum Gasteiger partial charge on any atom is -0.441 e. The molecule has 1 N–H and O–H groups in total. The summed E-state index contributed by atoms with van der Waals surface area (Å²) in [5, 5.41) is 3.10. The van der Waals surface area contributed by atoms with Gasteiger partial charge in [0, 0.05) is 6.04 Å². The third-order valence-corrected chi connectivity index (χ3v) is 6.04. The lowest BCUT2D eigenvalue weighted by molar-refractivity contribution is 0.0830. The number of nitrogens with one attached hydrogen (secondary N) is 1. The smallest absolute Gasteiger partial charge is 0.407 e. The van der Waals surface area contributed by atoms with Crippen LogP contribution in [0.25, 0.3) is 0 Å². The first-order chi connectivity index (χ1) is 11.8. The topological polar surface area (TPSA) is 38.3 Å². The summed E-state index contributed by atoms with van der Waals surface area (Å²) in [7, 11) is 0. The fourth-order valence-electron chi connectivity index (χ4n) is 4.70. The summed E-state index contributed by atoms with van der Waals surface area (Å²) >= 11 is 0. The van der Waals surface area contributed by atoms with E-state index < -0.39 is 0 Å². The van der Waals surface area contributed by atoms with Crippen molar-refractivity contribution in [3.8, 4) is 0 Å². The summed E-state index contributed by atoms with van der Waals surface area (Å²) in [5.41, 5.74) is 5.72. The molecule has 1 unspecified atom stereocenters. The van der Waals surface area contributed by atoms with E-state index in [4.69, 9.17) is 4.74 Å². The fraction of sp³-hybridized carbons (Fsp3) is 0.667. The van der Waals surface area contributed by atoms with E-state index in [1.54, 1.807) is 0 Å². The van der Waals surface area contributed by atoms with Crippen molar-refractivity contribution < 1.29 is 9.53 Å². The molecule has 0 aromatic heterocycles. The maximum atomic E-state index is 12.3. The molecule has 24 heavy (non-hydrogen) atoms. The van der Waals surface area contributed by atoms with Gasteiger partial charge in [0.25, 0.3) is 0 Å². The van der Waals surface area contributed by atoms with E-state index in [1.165, 1.54) is 67.2 Å². The van der Waals surface area contributed by atoms with Gasteiger partial charge in [0.2, 0.25) is 0 Å². The molecule has 0 bridgehead atoms. The van der Waals surface area contributed by atoms with Crippen molar-refractivity contribution in [3.63, 3.8) is 0 Å². The number of fused-ring (bicyclic) bond motifs is 2. The number of alkyl carbamates (subject to hydrolysis) is 1. The lowest BCUT2D eigenvalue weighted by Crippen LogP contribution is -2.37. The Morgan fingerprint density at radius 1 is 0.833 bits per heavy atom. The number of aryl methyl sites for hydroxylation is 3. The number of carbonyl (C=O) groups is 1. The molecule has 3 heteroatoms. The molecule has 3 aliphatic rings. The van der Waals surface area contributed by atoms with Gasteiger partial charge in [-0.05, 0) is 80.0 Å². The Morgan fingerprint density at radius 2 is 1.54 bits per heavy atom. The highest BCUT2D eigenvalue weighted by atomic mass is 16.6. The summed E-state index contributed by atoms with van der Waals surface area (Å²) in [6, 6.07) is 5.07. The first-order valence-electron chi connectivity index (χ1n) is 9.91. The van der Waals surface area contributed by atoms with E-state index >= 15 is 0 Å². The van der Waals surface area contributed by atoms with Crippen molar-refractivity contribution in [3.05, 3.63) is 34.4 Å². The van der Waals surface area contributed by atoms with Gasteiger partial charge in [0.1, 0.15) is 6.10 Å². The van der Waals surface area contributed by atoms with Crippen LogP contribution in [-0.2, 0) is 24.0 Å². The van der Waals surface area contributed by atoms with E-state index in [9.17, 15) is 4.79 Å². The molecule has 1 amide bonds. The second-order valence-electron chi connectivity index (χ2n) is 7.79. The number of carbonyl (C=O) groups excluding carboxylic acids is 1. The van der Waals surface area contributed by atoms with Crippen molar-refractivity contribution in [1.82, 2.24) is 5.32 Å². The predicted molar refractivity (Wildman–Crippen MR) is 95.3 cm³/mol. The highest BCUT2D eigenvalue weighted by Crippen LogP contribution is 2.36. The average Bonchev–Trinajstić information content (AvgIpc) is 2.61. The molecule has 0 spiro atoms. The van der Waals surface area contributed by atoms with Crippen molar-refractivity contribution >= 4 is 6.09 Å². The van der Waals surface area contributed by atoms with Gasteiger partial charge in [-0.25, -0.2) is 4.79 Å². The van der Waals surface area contributed by atoms with Crippen LogP contribution in [0.2, 0.25) is 0 Å². The minimum atomic E-state index is -0.211. The maximum absolute atomic E-state index is 12.3. The molecule has 3 nitrogen and oxygen atoms in total. The van der Waals surface area contributed by atoms with Crippen molar-refractivity contribution in [2.45, 2.75) is 89.2 Å². The van der Waals surface area contributed by atoms with Crippen LogP contribution in [-0.4, -0.2) is 12.1 Å². The molecule has 130 valence electrons. The molecule has 3 aliphatic carbocycles. The van der Waals surface area contributed by atoms with E-state index in [0.717, 1.165) is 32.1 Å². The average molecular weight is 327 g/mol. The largest absolute Gasteiger partial charge is 0.441 e. The Hall–Kier alpha value is -1.51. The van der Waals surface area contributed by atoms with Crippen LogP contribution in [0.4, 0.5) is 4.79 Å². The first kappa shape index (κ1) is 16.0. The zero-order valence-corrected chi connectivity index (χ0v) is 14.6. The molecule has 0 saturated heterocycles. The van der Waals surface area contributed by atoms with Gasteiger partial charge >= 0.3 is 6.09 Å². The number of hydrogen-bond donors (Lipinski definition) is 1. The van der Waals surface area contributed by atoms with Gasteiger partial charge in [-0.15, -0.1) is 0 Å². The van der Waals surface area contributed by atoms with Crippen LogP contribution >= 0.6 is 0 Å². The standard InChI is InChI=1S/C21H29NO2/c23-21(22-18-10-2-1-3-11-18)24-20-12-6-9-17-13-15-7-4-5-8-16(15)14-19(17)20/h13-14,18,20H,1-12H2,(H,22,23). The van der Waals surface area contributed by atoms with Crippen molar-refractivity contribution in [1.29, 1.82) is 0 Å². The molecule has 1 fully saturated rings. The Kier molecular flexibility index (Phi) is 4.77. The first-order valence-corrected chi connectivity index (χ1v) is 9.91. The lowest BCUT2D eigenvalue weighted by atomic mass is 9.82. The Bertz CT molecular complexity index is 604. The molecular weight excluding hydrogens is 298 g/mol. The van der Waals surface area contributed by atoms with Gasteiger partial charge < -0.3 is 10.1 Å². The molecule has 1 atom stereocenters. The van der Waals surface area contributed by atoms with Crippen LogP contribution in [0.15, 0.2) is 12.1 Å². The number of hydrogen-bond acceptors (Lipinski definition) is 2. The van der Waals surface area contributed by atoms with Gasteiger partial charge in [-0.3, -0.25) is 0 Å². The molecule has 0 heterocycles. The van der Waals surface area contributed by atoms with Crippen LogP contribution in [0.3, 0.4) is 0 Å². The second kappa shape index (κ2) is 7.16. The van der Waals surface area contributed by atoms with E-state index in [2.05, 4.69) is 17.4 Å². The molecule has 0 aliphatic heterocycles. The van der Waals surface area contributed by atoms with Crippen molar-refractivity contribution in [2.75, 3.05) is 0 Å². The van der Waals surface area contributed by atoms with E-state index in [-0.39, 0.29) is 12.2 Å². The molecule has 4 rings (SSSR count). The van der Waals surface area contributed by atoms with Gasteiger partial charge in [-0.1, -0.05) is 31.4 Å². The Morgan fingerprint density at radius 3 is 2.33 bits per heavy atom. The maximum Gasteiger partial charge on any atom is 0.407 e. The third-order valence-electron chi connectivity index (χ3n) is 6.04. The summed E-state index contributed by atoms with van der Waals surface area (Å²) in [5.74, 6) is 0. The SMILES string of the molecule is O=C(NC1CCCCC1)OC1CCCc2cc3c(cc21)CCCC3. The highest BCUT2D eigenvalue weighted by Gasteiger charge is 2.27.